The molecule has 0 amide bonds. The number of aromatic nitrogens is 6. The molecular weight excluding hydrogens is 778 g/mol. The zero-order chi connectivity index (χ0) is 42.7. The monoisotopic (exact) mass is 806 g/mol. The molecule has 0 spiro atoms. The van der Waals surface area contributed by atoms with Gasteiger partial charge in [-0.15, -0.1) is 0 Å². The fourth-order valence-corrected chi connectivity index (χ4v) is 4.04. The molecule has 1 aliphatic rings. The fourth-order valence-electron chi connectivity index (χ4n) is 3.85. The van der Waals surface area contributed by atoms with Gasteiger partial charge in [0.25, 0.3) is 0 Å². The van der Waals surface area contributed by atoms with Crippen LogP contribution in [0.2, 0.25) is 5.15 Å². The highest BCUT2D eigenvalue weighted by Gasteiger charge is 2.48. The van der Waals surface area contributed by atoms with Crippen LogP contribution >= 0.6 is 11.6 Å². The van der Waals surface area contributed by atoms with Crippen LogP contribution in [0.3, 0.4) is 0 Å². The summed E-state index contributed by atoms with van der Waals surface area (Å²) in [5.41, 5.74) is 11.0. The minimum Gasteiger partial charge on any atom is -0.405 e. The quantitative estimate of drug-likeness (QED) is 0.191. The van der Waals surface area contributed by atoms with Crippen molar-refractivity contribution in [2.45, 2.75) is 70.3 Å². The van der Waals surface area contributed by atoms with Crippen LogP contribution in [-0.2, 0) is 9.31 Å². The van der Waals surface area contributed by atoms with Crippen LogP contribution in [0.25, 0.3) is 5.57 Å². The summed E-state index contributed by atoms with van der Waals surface area (Å²) in [6.07, 6.45) is -9.96. The molecule has 25 heteroatoms. The van der Waals surface area contributed by atoms with E-state index in [9.17, 15) is 39.5 Å². The van der Waals surface area contributed by atoms with Crippen LogP contribution in [-0.4, -0.2) is 67.3 Å². The van der Waals surface area contributed by atoms with E-state index in [-0.39, 0.29) is 40.1 Å². The Bertz CT molecular complexity index is 1980. The zero-order valence-corrected chi connectivity index (χ0v) is 29.7. The van der Waals surface area contributed by atoms with Gasteiger partial charge in [-0.2, -0.15) is 55.3 Å². The Morgan fingerprint density at radius 1 is 0.836 bits per heavy atom. The highest BCUT2D eigenvalue weighted by molar-refractivity contribution is 6.54. The van der Waals surface area contributed by atoms with Crippen LogP contribution in [0, 0.1) is 34.0 Å². The SMILES string of the molecule is C=C(B1OC(C)CC(C)(C)O1)C(F)(F)F.C=C(c1nc(N)cnc1C#N)C(F)(F)F.CC(c1nc(N)cnc1C#N)C(F)(F)F.N#Cc1ncc(N)nc1Cl. The van der Waals surface area contributed by atoms with Crippen LogP contribution in [0.4, 0.5) is 57.0 Å². The average molecular weight is 807 g/mol. The summed E-state index contributed by atoms with van der Waals surface area (Å²) in [5.74, 6) is -1.98. The van der Waals surface area contributed by atoms with Gasteiger partial charge in [0, 0.05) is 6.10 Å². The molecule has 0 radical (unpaired) electrons. The van der Waals surface area contributed by atoms with Gasteiger partial charge in [0.15, 0.2) is 22.2 Å². The first-order valence-corrected chi connectivity index (χ1v) is 15.1. The Balaban J connectivity index is 0.000000370. The fraction of sp³-hybridized carbons (Fsp3) is 0.367. The second kappa shape index (κ2) is 19.0. The number of alkyl halides is 9. The molecule has 1 fully saturated rings. The van der Waals surface area contributed by atoms with Gasteiger partial charge in [0.1, 0.15) is 41.4 Å². The first kappa shape index (κ1) is 47.3. The predicted molar refractivity (Wildman–Crippen MR) is 179 cm³/mol. The second-order valence-electron chi connectivity index (χ2n) is 11.4. The maximum absolute atomic E-state index is 12.4. The van der Waals surface area contributed by atoms with Gasteiger partial charge in [0.05, 0.1) is 46.8 Å². The average Bonchev–Trinajstić information content (AvgIpc) is 3.06. The molecule has 2 atom stereocenters. The van der Waals surface area contributed by atoms with Gasteiger partial charge >= 0.3 is 25.6 Å². The van der Waals surface area contributed by atoms with E-state index in [4.69, 9.17) is 53.9 Å². The lowest BCUT2D eigenvalue weighted by Crippen LogP contribution is -2.48. The van der Waals surface area contributed by atoms with Crippen molar-refractivity contribution in [1.82, 2.24) is 29.9 Å². The number of nitrogens with two attached hydrogens (primary N) is 3. The molecule has 1 saturated heterocycles. The third-order valence-electron chi connectivity index (χ3n) is 6.41. The Kier molecular flexibility index (Phi) is 16.3. The number of hydrogen-bond acceptors (Lipinski definition) is 14. The zero-order valence-electron chi connectivity index (χ0n) is 28.9. The number of nitrogens with zero attached hydrogens (tertiary/aromatic N) is 9. The van der Waals surface area contributed by atoms with E-state index in [0.29, 0.717) is 6.42 Å². The summed E-state index contributed by atoms with van der Waals surface area (Å²) in [4.78, 5) is 21.0. The minimum absolute atomic E-state index is 0.0440. The van der Waals surface area contributed by atoms with Crippen molar-refractivity contribution >= 4 is 41.7 Å². The van der Waals surface area contributed by atoms with Crippen LogP contribution < -0.4 is 17.2 Å². The predicted octanol–water partition coefficient (Wildman–Crippen LogP) is 6.42. The van der Waals surface area contributed by atoms with Gasteiger partial charge in [-0.1, -0.05) is 24.8 Å². The maximum atomic E-state index is 12.4. The Morgan fingerprint density at radius 3 is 1.71 bits per heavy atom. The Morgan fingerprint density at radius 2 is 1.29 bits per heavy atom. The van der Waals surface area contributed by atoms with Crippen molar-refractivity contribution in [2.24, 2.45) is 0 Å². The summed E-state index contributed by atoms with van der Waals surface area (Å²) >= 11 is 5.45. The van der Waals surface area contributed by atoms with Crippen molar-refractivity contribution in [3.05, 3.63) is 70.8 Å². The third kappa shape index (κ3) is 14.9. The van der Waals surface area contributed by atoms with E-state index in [1.165, 1.54) is 12.3 Å². The molecule has 14 nitrogen and oxygen atoms in total. The number of nitriles is 3. The van der Waals surface area contributed by atoms with E-state index < -0.39 is 65.3 Å². The molecular formula is C30H29BClF9N12O2. The normalized spacial score (nSPS) is 15.4. The van der Waals surface area contributed by atoms with E-state index in [1.807, 2.05) is 0 Å². The lowest BCUT2D eigenvalue weighted by atomic mass is 9.74. The number of rotatable bonds is 3. The molecule has 0 saturated carbocycles. The molecule has 1 aliphatic heterocycles. The lowest BCUT2D eigenvalue weighted by molar-refractivity contribution is -0.147. The van der Waals surface area contributed by atoms with Crippen molar-refractivity contribution < 1.29 is 48.8 Å². The number of anilines is 3. The largest absolute Gasteiger partial charge is 0.498 e. The summed E-state index contributed by atoms with van der Waals surface area (Å²) in [6.45, 7) is 11.9. The van der Waals surface area contributed by atoms with Crippen molar-refractivity contribution in [3.63, 3.8) is 0 Å². The molecule has 3 aromatic rings. The first-order chi connectivity index (χ1) is 25.1. The molecule has 4 rings (SSSR count). The van der Waals surface area contributed by atoms with Crippen molar-refractivity contribution in [1.29, 1.82) is 15.8 Å². The first-order valence-electron chi connectivity index (χ1n) is 14.7. The molecule has 3 aromatic heterocycles. The molecule has 0 aliphatic carbocycles. The molecule has 55 heavy (non-hydrogen) atoms. The highest BCUT2D eigenvalue weighted by atomic mass is 35.5. The van der Waals surface area contributed by atoms with Crippen LogP contribution in [0.1, 0.15) is 68.5 Å². The second-order valence-corrected chi connectivity index (χ2v) is 11.8. The van der Waals surface area contributed by atoms with Crippen LogP contribution in [0.15, 0.2) is 37.2 Å². The molecule has 6 N–H and O–H groups in total. The molecule has 2 unspecified atom stereocenters. The summed E-state index contributed by atoms with van der Waals surface area (Å²) in [6, 6.07) is 4.79. The maximum Gasteiger partial charge on any atom is 0.498 e. The molecule has 0 bridgehead atoms. The minimum atomic E-state index is -4.66. The number of halogens is 10. The number of hydrogen-bond donors (Lipinski definition) is 3. The van der Waals surface area contributed by atoms with Crippen LogP contribution in [0.5, 0.6) is 0 Å². The highest BCUT2D eigenvalue weighted by Crippen LogP contribution is 2.36. The summed E-state index contributed by atoms with van der Waals surface area (Å²) in [7, 11) is -1.39. The standard InChI is InChI=1S/C9H14BF3O2.C8H7F3N4.C8H5F3N4.C5H3ClN4/c1-6-5-8(3,4)15-10(14-6)7(2)9(11,12)13;2*1-4(8(9,10)11)7-5(2-12)14-3-6(13)15-7;6-5-3(1-7)9-2-4(8)10-5/h6H,2,5H2,1,3-4H3;3-4H,1H3,(H2,13,15);3H,1H2,(H2,13,15);2H,(H2,8,10). The smallest absolute Gasteiger partial charge is 0.405 e. The van der Waals surface area contributed by atoms with E-state index in [2.05, 4.69) is 43.1 Å². The number of nitrogen functional groups attached to an aromatic ring is 3. The van der Waals surface area contributed by atoms with E-state index >= 15 is 0 Å². The lowest BCUT2D eigenvalue weighted by Gasteiger charge is -2.38. The van der Waals surface area contributed by atoms with Gasteiger partial charge < -0.3 is 26.5 Å². The summed E-state index contributed by atoms with van der Waals surface area (Å²) in [5, 5.41) is 25.5. The molecule has 294 valence electrons. The van der Waals surface area contributed by atoms with Gasteiger partial charge in [0.2, 0.25) is 0 Å². The summed E-state index contributed by atoms with van der Waals surface area (Å²) < 4.78 is 121. The third-order valence-corrected chi connectivity index (χ3v) is 6.68. The van der Waals surface area contributed by atoms with Crippen molar-refractivity contribution in [2.75, 3.05) is 17.2 Å². The Labute approximate surface area is 312 Å². The van der Waals surface area contributed by atoms with Gasteiger partial charge in [-0.25, -0.2) is 29.9 Å². The van der Waals surface area contributed by atoms with Gasteiger partial charge in [-0.05, 0) is 34.1 Å². The van der Waals surface area contributed by atoms with Crippen molar-refractivity contribution in [3.8, 4) is 18.2 Å². The van der Waals surface area contributed by atoms with Gasteiger partial charge in [-0.3, -0.25) is 0 Å². The number of allylic oxidation sites excluding steroid dienone is 2. The molecule has 0 aromatic carbocycles. The molecule has 4 heterocycles. The van der Waals surface area contributed by atoms with E-state index in [0.717, 1.165) is 19.3 Å². The topological polar surface area (TPSA) is 245 Å². The Hall–Kier alpha value is -5.77. The van der Waals surface area contributed by atoms with E-state index in [1.54, 1.807) is 32.9 Å².